The highest BCUT2D eigenvalue weighted by Gasteiger charge is 2.31. The summed E-state index contributed by atoms with van der Waals surface area (Å²) in [5, 5.41) is -0.0866. The van der Waals surface area contributed by atoms with Gasteiger partial charge in [0.05, 0.1) is 11.3 Å². The molecule has 0 fully saturated rings. The van der Waals surface area contributed by atoms with Gasteiger partial charge in [0.2, 0.25) is 0 Å². The highest BCUT2D eigenvalue weighted by Crippen LogP contribution is 2.25. The van der Waals surface area contributed by atoms with Crippen LogP contribution in [0.4, 0.5) is 18.9 Å². The number of alkyl halides is 3. The molecule has 0 unspecified atom stereocenters. The van der Waals surface area contributed by atoms with E-state index >= 15 is 0 Å². The van der Waals surface area contributed by atoms with Gasteiger partial charge in [-0.1, -0.05) is 23.6 Å². The standard InChI is InChI=1S/C12H10F3NO2S/c1-8(17)19-6-2-3-9-7-10(4-5-11(9)16)18-12(13,14)15/h4-5,7H,6,16H2,1H3. The fraction of sp³-hybridized carbons (Fsp3) is 0.250. The quantitative estimate of drug-likeness (QED) is 0.672. The van der Waals surface area contributed by atoms with Gasteiger partial charge in [-0.25, -0.2) is 0 Å². The lowest BCUT2D eigenvalue weighted by Gasteiger charge is -2.09. The Morgan fingerprint density at radius 1 is 1.47 bits per heavy atom. The van der Waals surface area contributed by atoms with Gasteiger partial charge in [-0.05, 0) is 18.2 Å². The monoisotopic (exact) mass is 289 g/mol. The Bertz CT molecular complexity index is 532. The smallest absolute Gasteiger partial charge is 0.406 e. The third-order valence-corrected chi connectivity index (χ3v) is 2.52. The second-order valence-corrected chi connectivity index (χ2v) is 4.53. The first kappa shape index (κ1) is 15.2. The van der Waals surface area contributed by atoms with Crippen LogP contribution >= 0.6 is 11.8 Å². The number of carbonyl (C=O) groups is 1. The molecule has 1 aromatic carbocycles. The fourth-order valence-corrected chi connectivity index (χ4v) is 1.46. The zero-order valence-electron chi connectivity index (χ0n) is 9.88. The molecule has 0 amide bonds. The van der Waals surface area contributed by atoms with Crippen LogP contribution in [0.2, 0.25) is 0 Å². The maximum absolute atomic E-state index is 12.0. The molecule has 3 nitrogen and oxygen atoms in total. The maximum atomic E-state index is 12.0. The Kier molecular flexibility index (Phi) is 5.12. The molecule has 102 valence electrons. The highest BCUT2D eigenvalue weighted by atomic mass is 32.2. The molecule has 2 N–H and O–H groups in total. The summed E-state index contributed by atoms with van der Waals surface area (Å²) in [6.45, 7) is 1.40. The molecule has 0 aromatic heterocycles. The third kappa shape index (κ3) is 6.06. The van der Waals surface area contributed by atoms with Crippen molar-refractivity contribution in [3.63, 3.8) is 0 Å². The molecule has 0 saturated carbocycles. The third-order valence-electron chi connectivity index (χ3n) is 1.83. The van der Waals surface area contributed by atoms with E-state index in [2.05, 4.69) is 16.6 Å². The Morgan fingerprint density at radius 2 is 2.16 bits per heavy atom. The SMILES string of the molecule is CC(=O)SCC#Cc1cc(OC(F)(F)F)ccc1N. The number of ether oxygens (including phenoxy) is 1. The molecule has 0 heterocycles. The molecule has 0 radical (unpaired) electrons. The van der Waals surface area contributed by atoms with Crippen molar-refractivity contribution in [2.24, 2.45) is 0 Å². The van der Waals surface area contributed by atoms with Gasteiger partial charge >= 0.3 is 6.36 Å². The van der Waals surface area contributed by atoms with Gasteiger partial charge in [0.25, 0.3) is 0 Å². The van der Waals surface area contributed by atoms with Crippen molar-refractivity contribution in [3.05, 3.63) is 23.8 Å². The number of benzene rings is 1. The predicted molar refractivity (Wildman–Crippen MR) is 67.6 cm³/mol. The minimum absolute atomic E-state index is 0.0866. The minimum atomic E-state index is -4.76. The summed E-state index contributed by atoms with van der Waals surface area (Å²) in [4.78, 5) is 10.7. The van der Waals surface area contributed by atoms with E-state index in [1.54, 1.807) is 0 Å². The van der Waals surface area contributed by atoms with Crippen LogP contribution in [0.1, 0.15) is 12.5 Å². The number of carbonyl (C=O) groups excluding carboxylic acids is 1. The van der Waals surface area contributed by atoms with Crippen molar-refractivity contribution < 1.29 is 22.7 Å². The van der Waals surface area contributed by atoms with Gasteiger partial charge in [-0.15, -0.1) is 13.2 Å². The molecular formula is C12H10F3NO2S. The zero-order chi connectivity index (χ0) is 14.5. The van der Waals surface area contributed by atoms with Crippen molar-refractivity contribution in [3.8, 4) is 17.6 Å². The van der Waals surface area contributed by atoms with Crippen LogP contribution in [0.3, 0.4) is 0 Å². The average Bonchev–Trinajstić information content (AvgIpc) is 2.26. The van der Waals surface area contributed by atoms with Crippen LogP contribution in [0.5, 0.6) is 5.75 Å². The fourth-order valence-electron chi connectivity index (χ4n) is 1.11. The van der Waals surface area contributed by atoms with Crippen molar-refractivity contribution >= 4 is 22.6 Å². The molecule has 0 aliphatic carbocycles. The molecule has 19 heavy (non-hydrogen) atoms. The van der Waals surface area contributed by atoms with E-state index in [0.717, 1.165) is 23.9 Å². The number of hydrogen-bond acceptors (Lipinski definition) is 4. The van der Waals surface area contributed by atoms with Crippen LogP contribution in [0.15, 0.2) is 18.2 Å². The normalized spacial score (nSPS) is 10.5. The van der Waals surface area contributed by atoms with Crippen LogP contribution in [-0.4, -0.2) is 17.2 Å². The summed E-state index contributed by atoms with van der Waals surface area (Å²) in [5.41, 5.74) is 6.06. The largest absolute Gasteiger partial charge is 0.573 e. The van der Waals surface area contributed by atoms with E-state index < -0.39 is 6.36 Å². The van der Waals surface area contributed by atoms with E-state index in [-0.39, 0.29) is 27.9 Å². The molecule has 0 saturated heterocycles. The summed E-state index contributed by atoms with van der Waals surface area (Å²) in [6.07, 6.45) is -4.76. The van der Waals surface area contributed by atoms with E-state index in [1.807, 2.05) is 0 Å². The first-order chi connectivity index (χ1) is 8.78. The number of halogens is 3. The zero-order valence-corrected chi connectivity index (χ0v) is 10.7. The molecule has 0 atom stereocenters. The Balaban J connectivity index is 2.82. The van der Waals surface area contributed by atoms with E-state index in [1.165, 1.54) is 13.0 Å². The lowest BCUT2D eigenvalue weighted by atomic mass is 10.2. The van der Waals surface area contributed by atoms with Gasteiger partial charge in [-0.3, -0.25) is 4.79 Å². The molecule has 0 aliphatic rings. The molecule has 0 aliphatic heterocycles. The number of nitrogen functional groups attached to an aromatic ring is 1. The average molecular weight is 289 g/mol. The maximum Gasteiger partial charge on any atom is 0.573 e. The first-order valence-electron chi connectivity index (χ1n) is 5.05. The Morgan fingerprint density at radius 3 is 2.74 bits per heavy atom. The van der Waals surface area contributed by atoms with Gasteiger partial charge in [-0.2, -0.15) is 0 Å². The topological polar surface area (TPSA) is 52.3 Å². The Hall–Kier alpha value is -1.81. The summed E-state index contributed by atoms with van der Waals surface area (Å²) in [5.74, 6) is 5.10. The van der Waals surface area contributed by atoms with Crippen LogP contribution < -0.4 is 10.5 Å². The van der Waals surface area contributed by atoms with Gasteiger partial charge in [0.15, 0.2) is 5.12 Å². The van der Waals surface area contributed by atoms with Gasteiger partial charge in [0, 0.05) is 12.6 Å². The summed E-state index contributed by atoms with van der Waals surface area (Å²) >= 11 is 1.01. The number of hydrogen-bond donors (Lipinski definition) is 1. The molecule has 7 heteroatoms. The van der Waals surface area contributed by atoms with E-state index in [4.69, 9.17) is 5.73 Å². The number of thioether (sulfide) groups is 1. The molecule has 1 rings (SSSR count). The lowest BCUT2D eigenvalue weighted by molar-refractivity contribution is -0.274. The van der Waals surface area contributed by atoms with Gasteiger partial charge in [0.1, 0.15) is 5.75 Å². The van der Waals surface area contributed by atoms with E-state index in [9.17, 15) is 18.0 Å². The minimum Gasteiger partial charge on any atom is -0.406 e. The summed E-state index contributed by atoms with van der Waals surface area (Å²) < 4.78 is 39.9. The van der Waals surface area contributed by atoms with Crippen LogP contribution in [0.25, 0.3) is 0 Å². The predicted octanol–water partition coefficient (Wildman–Crippen LogP) is 2.80. The lowest BCUT2D eigenvalue weighted by Crippen LogP contribution is -2.17. The Labute approximate surface area is 112 Å². The second-order valence-electron chi connectivity index (χ2n) is 3.38. The van der Waals surface area contributed by atoms with E-state index in [0.29, 0.717) is 0 Å². The van der Waals surface area contributed by atoms with Gasteiger partial charge < -0.3 is 10.5 Å². The first-order valence-corrected chi connectivity index (χ1v) is 6.04. The summed E-state index contributed by atoms with van der Waals surface area (Å²) in [7, 11) is 0. The van der Waals surface area contributed by atoms with Crippen molar-refractivity contribution in [1.29, 1.82) is 0 Å². The molecule has 1 aromatic rings. The van der Waals surface area contributed by atoms with Crippen molar-refractivity contribution in [2.75, 3.05) is 11.5 Å². The number of rotatable bonds is 2. The molecular weight excluding hydrogens is 279 g/mol. The van der Waals surface area contributed by atoms with Crippen LogP contribution in [0, 0.1) is 11.8 Å². The van der Waals surface area contributed by atoms with Crippen LogP contribution in [-0.2, 0) is 4.79 Å². The number of nitrogens with two attached hydrogens (primary N) is 1. The van der Waals surface area contributed by atoms with Crippen molar-refractivity contribution in [1.82, 2.24) is 0 Å². The molecule has 0 bridgehead atoms. The highest BCUT2D eigenvalue weighted by molar-refractivity contribution is 8.13. The number of anilines is 1. The summed E-state index contributed by atoms with van der Waals surface area (Å²) in [6, 6.07) is 3.50. The van der Waals surface area contributed by atoms with Crippen molar-refractivity contribution in [2.45, 2.75) is 13.3 Å². The molecule has 0 spiro atoms. The second kappa shape index (κ2) is 6.38.